The van der Waals surface area contributed by atoms with E-state index in [1.165, 1.54) is 19.2 Å². The maximum Gasteiger partial charge on any atom is 0.274 e. The number of amides is 1. The summed E-state index contributed by atoms with van der Waals surface area (Å²) in [5, 5.41) is 10.9. The number of halogens is 1. The predicted molar refractivity (Wildman–Crippen MR) is 117 cm³/mol. The zero-order valence-corrected chi connectivity index (χ0v) is 17.6. The number of aromatic nitrogens is 6. The highest BCUT2D eigenvalue weighted by molar-refractivity contribution is 6.04. The fourth-order valence-electron chi connectivity index (χ4n) is 4.01. The number of hydrogen-bond donors (Lipinski definition) is 1. The van der Waals surface area contributed by atoms with E-state index in [-0.39, 0.29) is 18.2 Å². The van der Waals surface area contributed by atoms with Crippen LogP contribution in [-0.4, -0.2) is 48.5 Å². The average Bonchev–Trinajstić information content (AvgIpc) is 3.42. The number of carbonyl (C=O) groups excluding carboxylic acids is 1. The molecule has 2 aliphatic rings. The van der Waals surface area contributed by atoms with Gasteiger partial charge in [-0.15, -0.1) is 10.2 Å². The number of pyridine rings is 1. The molecular formula is C23H20FN7O2. The van der Waals surface area contributed by atoms with Crippen LogP contribution >= 0.6 is 0 Å². The molecular weight excluding hydrogens is 425 g/mol. The third-order valence-electron chi connectivity index (χ3n) is 5.94. The van der Waals surface area contributed by atoms with Crippen molar-refractivity contribution in [3.63, 3.8) is 0 Å². The molecule has 1 fully saturated rings. The summed E-state index contributed by atoms with van der Waals surface area (Å²) in [6.45, 7) is -0.521. The first-order chi connectivity index (χ1) is 16.2. The van der Waals surface area contributed by atoms with Crippen LogP contribution in [-0.2, 0) is 0 Å². The molecule has 0 radical (unpaired) electrons. The lowest BCUT2D eigenvalue weighted by Crippen LogP contribution is -2.18. The standard InChI is InChI=1S/C23H20FN7O2/c24-9-16-11-33-21-17(22-29-27-13-31(16)22)2-1-3-18(21)28-23(32)19-8-15(6-7-25-19)30-10-20(26-12-30)14-4-5-14/h1-3,6-8,10,12-14,16H,4-5,9,11H2,(H,28,32)/t16-/m1/s1. The smallest absolute Gasteiger partial charge is 0.274 e. The molecule has 1 N–H and O–H groups in total. The topological polar surface area (TPSA) is 99.8 Å². The lowest BCUT2D eigenvalue weighted by Gasteiger charge is -2.14. The van der Waals surface area contributed by atoms with Gasteiger partial charge in [0.15, 0.2) is 11.6 Å². The molecule has 4 aromatic rings. The van der Waals surface area contributed by atoms with Crippen molar-refractivity contribution in [1.82, 2.24) is 29.3 Å². The Morgan fingerprint density at radius 3 is 2.97 bits per heavy atom. The molecule has 33 heavy (non-hydrogen) atoms. The summed E-state index contributed by atoms with van der Waals surface area (Å²) in [5.74, 6) is 1.08. The fourth-order valence-corrected chi connectivity index (χ4v) is 4.01. The molecule has 1 saturated carbocycles. The molecule has 1 amide bonds. The Balaban J connectivity index is 1.29. The van der Waals surface area contributed by atoms with Crippen LogP contribution in [0, 0.1) is 0 Å². The average molecular weight is 445 g/mol. The van der Waals surface area contributed by atoms with Crippen molar-refractivity contribution < 1.29 is 13.9 Å². The Kier molecular flexibility index (Phi) is 4.63. The number of anilines is 1. The Bertz CT molecular complexity index is 1340. The third kappa shape index (κ3) is 3.53. The van der Waals surface area contributed by atoms with Crippen LogP contribution < -0.4 is 10.1 Å². The number of alkyl halides is 1. The molecule has 4 heterocycles. The minimum absolute atomic E-state index is 0.0963. The summed E-state index contributed by atoms with van der Waals surface area (Å²) >= 11 is 0. The molecule has 1 aliphatic heterocycles. The molecule has 0 saturated heterocycles. The summed E-state index contributed by atoms with van der Waals surface area (Å²) in [6, 6.07) is 8.32. The van der Waals surface area contributed by atoms with Gasteiger partial charge in [-0.05, 0) is 37.1 Å². The van der Waals surface area contributed by atoms with Gasteiger partial charge in [-0.3, -0.25) is 9.78 Å². The van der Waals surface area contributed by atoms with E-state index in [9.17, 15) is 9.18 Å². The first-order valence-electron chi connectivity index (χ1n) is 10.7. The SMILES string of the molecule is O=C(Nc1cccc2c1OC[C@@H](CF)n1cnnc1-2)c1cc(-n2cnc(C3CC3)c2)ccn1. The van der Waals surface area contributed by atoms with Crippen molar-refractivity contribution in [2.45, 2.75) is 24.8 Å². The van der Waals surface area contributed by atoms with Gasteiger partial charge in [-0.2, -0.15) is 0 Å². The maximum absolute atomic E-state index is 13.6. The van der Waals surface area contributed by atoms with Crippen LogP contribution in [0.15, 0.2) is 55.4 Å². The summed E-state index contributed by atoms with van der Waals surface area (Å²) in [4.78, 5) is 21.8. The first-order valence-corrected chi connectivity index (χ1v) is 10.7. The number of rotatable bonds is 5. The van der Waals surface area contributed by atoms with E-state index < -0.39 is 12.7 Å². The van der Waals surface area contributed by atoms with Crippen LogP contribution in [0.3, 0.4) is 0 Å². The van der Waals surface area contributed by atoms with Crippen LogP contribution in [0.1, 0.15) is 41.0 Å². The Labute approximate surface area is 188 Å². The number of nitrogens with one attached hydrogen (secondary N) is 1. The highest BCUT2D eigenvalue weighted by Crippen LogP contribution is 2.40. The molecule has 10 heteroatoms. The predicted octanol–water partition coefficient (Wildman–Crippen LogP) is 3.56. The van der Waals surface area contributed by atoms with Crippen molar-refractivity contribution in [3.05, 3.63) is 66.8 Å². The van der Waals surface area contributed by atoms with Gasteiger partial charge in [-0.1, -0.05) is 6.07 Å². The van der Waals surface area contributed by atoms with Gasteiger partial charge in [0.25, 0.3) is 5.91 Å². The van der Waals surface area contributed by atoms with Gasteiger partial charge in [0.2, 0.25) is 0 Å². The van der Waals surface area contributed by atoms with Gasteiger partial charge in [0.1, 0.15) is 25.3 Å². The number of fused-ring (bicyclic) bond motifs is 3. The van der Waals surface area contributed by atoms with E-state index in [0.29, 0.717) is 28.7 Å². The maximum atomic E-state index is 13.6. The van der Waals surface area contributed by atoms with E-state index in [1.54, 1.807) is 35.3 Å². The summed E-state index contributed by atoms with van der Waals surface area (Å²) in [6.07, 6.45) is 9.19. The molecule has 9 nitrogen and oxygen atoms in total. The summed E-state index contributed by atoms with van der Waals surface area (Å²) in [7, 11) is 0. The number of imidazole rings is 1. The second-order valence-electron chi connectivity index (χ2n) is 8.20. The molecule has 1 atom stereocenters. The number of para-hydroxylation sites is 1. The number of carbonyl (C=O) groups is 1. The van der Waals surface area contributed by atoms with Crippen molar-refractivity contribution in [2.75, 3.05) is 18.6 Å². The first kappa shape index (κ1) is 19.6. The zero-order valence-electron chi connectivity index (χ0n) is 17.6. The molecule has 0 bridgehead atoms. The van der Waals surface area contributed by atoms with E-state index in [1.807, 2.05) is 22.9 Å². The third-order valence-corrected chi connectivity index (χ3v) is 5.94. The number of hydrogen-bond acceptors (Lipinski definition) is 6. The van der Waals surface area contributed by atoms with Gasteiger partial charge in [-0.25, -0.2) is 9.37 Å². The minimum atomic E-state index is -0.617. The summed E-state index contributed by atoms with van der Waals surface area (Å²) in [5.41, 5.74) is 3.22. The Hall–Kier alpha value is -4.08. The van der Waals surface area contributed by atoms with Gasteiger partial charge < -0.3 is 19.2 Å². The van der Waals surface area contributed by atoms with Gasteiger partial charge in [0.05, 0.1) is 35.0 Å². The molecule has 6 rings (SSSR count). The number of ether oxygens (including phenoxy) is 1. The molecule has 166 valence electrons. The lowest BCUT2D eigenvalue weighted by atomic mass is 10.1. The van der Waals surface area contributed by atoms with E-state index in [4.69, 9.17) is 4.74 Å². The van der Waals surface area contributed by atoms with Crippen LogP contribution in [0.2, 0.25) is 0 Å². The molecule has 3 aromatic heterocycles. The Morgan fingerprint density at radius 2 is 2.12 bits per heavy atom. The largest absolute Gasteiger partial charge is 0.488 e. The minimum Gasteiger partial charge on any atom is -0.488 e. The van der Waals surface area contributed by atoms with Crippen molar-refractivity contribution >= 4 is 11.6 Å². The van der Waals surface area contributed by atoms with Gasteiger partial charge >= 0.3 is 0 Å². The monoisotopic (exact) mass is 445 g/mol. The second kappa shape index (κ2) is 7.80. The molecule has 1 aliphatic carbocycles. The molecule has 1 aromatic carbocycles. The van der Waals surface area contributed by atoms with Crippen LogP contribution in [0.5, 0.6) is 5.75 Å². The summed E-state index contributed by atoms with van der Waals surface area (Å²) < 4.78 is 23.0. The fraction of sp³-hybridized carbons (Fsp3) is 0.261. The zero-order chi connectivity index (χ0) is 22.4. The van der Waals surface area contributed by atoms with E-state index >= 15 is 0 Å². The molecule has 0 spiro atoms. The van der Waals surface area contributed by atoms with E-state index in [2.05, 4.69) is 25.5 Å². The highest BCUT2D eigenvalue weighted by atomic mass is 19.1. The van der Waals surface area contributed by atoms with Crippen molar-refractivity contribution in [1.29, 1.82) is 0 Å². The lowest BCUT2D eigenvalue weighted by molar-refractivity contribution is 0.102. The molecule has 0 unspecified atom stereocenters. The van der Waals surface area contributed by atoms with Crippen molar-refractivity contribution in [3.8, 4) is 22.8 Å². The quantitative estimate of drug-likeness (QED) is 0.504. The highest BCUT2D eigenvalue weighted by Gasteiger charge is 2.27. The normalized spacial score (nSPS) is 16.9. The second-order valence-corrected chi connectivity index (χ2v) is 8.20. The number of nitrogens with zero attached hydrogens (tertiary/aromatic N) is 6. The van der Waals surface area contributed by atoms with Gasteiger partial charge in [0, 0.05) is 18.3 Å². The Morgan fingerprint density at radius 1 is 1.21 bits per heavy atom. The van der Waals surface area contributed by atoms with Crippen molar-refractivity contribution in [2.24, 2.45) is 0 Å². The number of benzene rings is 1. The van der Waals surface area contributed by atoms with Crippen LogP contribution in [0.4, 0.5) is 10.1 Å². The van der Waals surface area contributed by atoms with E-state index in [0.717, 1.165) is 11.4 Å². The van der Waals surface area contributed by atoms with Crippen LogP contribution in [0.25, 0.3) is 17.1 Å².